The molecule has 3 heteroatoms. The van der Waals surface area contributed by atoms with Gasteiger partial charge in [0.25, 0.3) is 0 Å². The van der Waals surface area contributed by atoms with Gasteiger partial charge in [-0.2, -0.15) is 0 Å². The number of aromatic nitrogens is 1. The van der Waals surface area contributed by atoms with Gasteiger partial charge in [0.1, 0.15) is 0 Å². The number of rotatable bonds is 4. The fourth-order valence-corrected chi connectivity index (χ4v) is 2.91. The maximum Gasteiger partial charge on any atom is 0.0501 e. The molecule has 1 aliphatic rings. The van der Waals surface area contributed by atoms with Crippen LogP contribution in [0.1, 0.15) is 19.3 Å². The van der Waals surface area contributed by atoms with Gasteiger partial charge in [0.2, 0.25) is 0 Å². The van der Waals surface area contributed by atoms with Crippen molar-refractivity contribution in [3.63, 3.8) is 0 Å². The molecule has 3 nitrogen and oxygen atoms in total. The van der Waals surface area contributed by atoms with E-state index in [0.29, 0.717) is 0 Å². The van der Waals surface area contributed by atoms with E-state index < -0.39 is 0 Å². The van der Waals surface area contributed by atoms with E-state index in [1.165, 1.54) is 49.8 Å². The molecule has 1 aromatic carbocycles. The number of benzene rings is 1. The van der Waals surface area contributed by atoms with Crippen LogP contribution in [-0.4, -0.2) is 29.1 Å². The minimum absolute atomic E-state index is 0.880. The molecule has 1 fully saturated rings. The van der Waals surface area contributed by atoms with Gasteiger partial charge in [-0.25, -0.2) is 0 Å². The number of likely N-dealkylation sites (tertiary alicyclic amines) is 1. The molecule has 0 aliphatic carbocycles. The molecule has 1 aromatic heterocycles. The predicted octanol–water partition coefficient (Wildman–Crippen LogP) is 2.71. The van der Waals surface area contributed by atoms with Crippen LogP contribution >= 0.6 is 0 Å². The molecule has 2 aromatic rings. The zero-order valence-electron chi connectivity index (χ0n) is 10.8. The Bertz CT molecular complexity index is 524. The second-order valence-electron chi connectivity index (χ2n) is 5.19. The summed E-state index contributed by atoms with van der Waals surface area (Å²) in [5, 5.41) is 1.18. The van der Waals surface area contributed by atoms with Gasteiger partial charge in [-0.15, -0.1) is 0 Å². The van der Waals surface area contributed by atoms with Crippen molar-refractivity contribution in [2.45, 2.75) is 25.8 Å². The summed E-state index contributed by atoms with van der Waals surface area (Å²) < 4.78 is 2.32. The van der Waals surface area contributed by atoms with Crippen molar-refractivity contribution in [1.29, 1.82) is 0 Å². The van der Waals surface area contributed by atoms with E-state index in [-0.39, 0.29) is 0 Å². The second-order valence-corrected chi connectivity index (χ2v) is 5.19. The van der Waals surface area contributed by atoms with E-state index in [4.69, 9.17) is 5.73 Å². The standard InChI is InChI=1S/C15H21N3/c16-14-5-3-6-15-13(14)7-12-18(15)11-4-10-17-8-1-2-9-17/h3,5-7,12H,1-2,4,8-11,16H2. The quantitative estimate of drug-likeness (QED) is 0.838. The normalized spacial score (nSPS) is 16.7. The number of anilines is 1. The lowest BCUT2D eigenvalue weighted by molar-refractivity contribution is 0.326. The van der Waals surface area contributed by atoms with Gasteiger partial charge in [-0.3, -0.25) is 0 Å². The first-order valence-corrected chi connectivity index (χ1v) is 6.90. The Morgan fingerprint density at radius 1 is 1.06 bits per heavy atom. The highest BCUT2D eigenvalue weighted by Crippen LogP contribution is 2.22. The molecule has 3 rings (SSSR count). The Labute approximate surface area is 108 Å². The summed E-state index contributed by atoms with van der Waals surface area (Å²) in [4.78, 5) is 2.57. The SMILES string of the molecule is Nc1cccc2c1ccn2CCCN1CCCC1. The lowest BCUT2D eigenvalue weighted by Gasteiger charge is -2.14. The number of nitrogens with zero attached hydrogens (tertiary/aromatic N) is 2. The lowest BCUT2D eigenvalue weighted by Crippen LogP contribution is -2.21. The Balaban J connectivity index is 1.65. The highest BCUT2D eigenvalue weighted by molar-refractivity contribution is 5.91. The van der Waals surface area contributed by atoms with E-state index >= 15 is 0 Å². The minimum Gasteiger partial charge on any atom is -0.398 e. The predicted molar refractivity (Wildman–Crippen MR) is 76.6 cm³/mol. The molecule has 1 saturated heterocycles. The number of hydrogen-bond donors (Lipinski definition) is 1. The molecule has 0 bridgehead atoms. The van der Waals surface area contributed by atoms with Gasteiger partial charge in [0, 0.05) is 23.8 Å². The van der Waals surface area contributed by atoms with Crippen molar-refractivity contribution in [3.8, 4) is 0 Å². The second kappa shape index (κ2) is 5.02. The molecule has 0 amide bonds. The van der Waals surface area contributed by atoms with Crippen LogP contribution < -0.4 is 5.73 Å². The molecule has 2 heterocycles. The van der Waals surface area contributed by atoms with Gasteiger partial charge in [0.15, 0.2) is 0 Å². The van der Waals surface area contributed by atoms with E-state index in [1.54, 1.807) is 0 Å². The molecule has 0 atom stereocenters. The highest BCUT2D eigenvalue weighted by atomic mass is 15.1. The third-order valence-electron chi connectivity index (χ3n) is 3.92. The van der Waals surface area contributed by atoms with Gasteiger partial charge >= 0.3 is 0 Å². The fourth-order valence-electron chi connectivity index (χ4n) is 2.91. The van der Waals surface area contributed by atoms with E-state index in [2.05, 4.69) is 27.8 Å². The summed E-state index contributed by atoms with van der Waals surface area (Å²) in [5.74, 6) is 0. The number of aryl methyl sites for hydroxylation is 1. The maximum atomic E-state index is 5.98. The van der Waals surface area contributed by atoms with Crippen LogP contribution in [0.15, 0.2) is 30.5 Å². The Morgan fingerprint density at radius 2 is 1.89 bits per heavy atom. The Hall–Kier alpha value is -1.48. The summed E-state index contributed by atoms with van der Waals surface area (Å²) in [6, 6.07) is 8.29. The van der Waals surface area contributed by atoms with Gasteiger partial charge < -0.3 is 15.2 Å². The van der Waals surface area contributed by atoms with Crippen LogP contribution in [0, 0.1) is 0 Å². The Morgan fingerprint density at radius 3 is 2.72 bits per heavy atom. The summed E-state index contributed by atoms with van der Waals surface area (Å²) in [6.45, 7) is 4.89. The molecule has 96 valence electrons. The molecule has 0 saturated carbocycles. The molecule has 1 aliphatic heterocycles. The topological polar surface area (TPSA) is 34.2 Å². The average Bonchev–Trinajstić information content (AvgIpc) is 3.00. The summed E-state index contributed by atoms with van der Waals surface area (Å²) >= 11 is 0. The van der Waals surface area contributed by atoms with Crippen LogP contribution in [0.25, 0.3) is 10.9 Å². The number of fused-ring (bicyclic) bond motifs is 1. The molecule has 18 heavy (non-hydrogen) atoms. The molecule has 0 spiro atoms. The van der Waals surface area contributed by atoms with Crippen LogP contribution in [0.4, 0.5) is 5.69 Å². The summed E-state index contributed by atoms with van der Waals surface area (Å²) in [7, 11) is 0. The van der Waals surface area contributed by atoms with Crippen LogP contribution in [-0.2, 0) is 6.54 Å². The Kier molecular flexibility index (Phi) is 3.24. The number of nitrogen functional groups attached to an aromatic ring is 1. The molecule has 2 N–H and O–H groups in total. The molecule has 0 unspecified atom stereocenters. The summed E-state index contributed by atoms with van der Waals surface area (Å²) in [6.07, 6.45) is 6.13. The van der Waals surface area contributed by atoms with Crippen LogP contribution in [0.2, 0.25) is 0 Å². The third-order valence-corrected chi connectivity index (χ3v) is 3.92. The van der Waals surface area contributed by atoms with Crippen LogP contribution in [0.3, 0.4) is 0 Å². The highest BCUT2D eigenvalue weighted by Gasteiger charge is 2.10. The average molecular weight is 243 g/mol. The van der Waals surface area contributed by atoms with Gasteiger partial charge in [-0.1, -0.05) is 6.07 Å². The largest absolute Gasteiger partial charge is 0.398 e. The van der Waals surface area contributed by atoms with Crippen molar-refractivity contribution in [3.05, 3.63) is 30.5 Å². The lowest BCUT2D eigenvalue weighted by atomic mass is 10.2. The van der Waals surface area contributed by atoms with E-state index in [9.17, 15) is 0 Å². The first-order chi connectivity index (χ1) is 8.84. The van der Waals surface area contributed by atoms with Crippen molar-refractivity contribution in [1.82, 2.24) is 9.47 Å². The molecular formula is C15H21N3. The minimum atomic E-state index is 0.880. The van der Waals surface area contributed by atoms with Crippen LogP contribution in [0.5, 0.6) is 0 Å². The third kappa shape index (κ3) is 2.23. The van der Waals surface area contributed by atoms with Crippen molar-refractivity contribution < 1.29 is 0 Å². The van der Waals surface area contributed by atoms with E-state index in [1.807, 2.05) is 12.1 Å². The molecular weight excluding hydrogens is 222 g/mol. The number of hydrogen-bond acceptors (Lipinski definition) is 2. The maximum absolute atomic E-state index is 5.98. The van der Waals surface area contributed by atoms with Gasteiger partial charge in [0.05, 0.1) is 5.52 Å². The van der Waals surface area contributed by atoms with Gasteiger partial charge in [-0.05, 0) is 57.1 Å². The monoisotopic (exact) mass is 243 g/mol. The summed E-state index contributed by atoms with van der Waals surface area (Å²) in [5.41, 5.74) is 8.12. The smallest absolute Gasteiger partial charge is 0.0501 e. The van der Waals surface area contributed by atoms with Crippen molar-refractivity contribution in [2.24, 2.45) is 0 Å². The zero-order chi connectivity index (χ0) is 12.4. The zero-order valence-corrected chi connectivity index (χ0v) is 10.8. The first kappa shape index (κ1) is 11.6. The first-order valence-electron chi connectivity index (χ1n) is 6.90. The van der Waals surface area contributed by atoms with E-state index in [0.717, 1.165) is 12.2 Å². The van der Waals surface area contributed by atoms with Crippen molar-refractivity contribution >= 4 is 16.6 Å². The van der Waals surface area contributed by atoms with Crippen molar-refractivity contribution in [2.75, 3.05) is 25.4 Å². The fraction of sp³-hybridized carbons (Fsp3) is 0.467. The molecule has 0 radical (unpaired) electrons. The number of nitrogens with two attached hydrogens (primary N) is 1.